The topological polar surface area (TPSA) is 29.1 Å². The van der Waals surface area contributed by atoms with E-state index in [1.807, 2.05) is 49.4 Å². The second-order valence-electron chi connectivity index (χ2n) is 9.56. The van der Waals surface area contributed by atoms with Gasteiger partial charge in [0.15, 0.2) is 0 Å². The highest BCUT2D eigenvalue weighted by Gasteiger charge is 2.21. The van der Waals surface area contributed by atoms with Crippen LogP contribution in [0.1, 0.15) is 49.8 Å². The van der Waals surface area contributed by atoms with Crippen molar-refractivity contribution >= 4 is 28.8 Å². The van der Waals surface area contributed by atoms with E-state index in [0.717, 1.165) is 45.8 Å². The molecule has 1 amide bonds. The minimum Gasteiger partial charge on any atom is -0.326 e. The Labute approximate surface area is 196 Å². The molecular formula is C29H30ClNO. The predicted octanol–water partition coefficient (Wildman–Crippen LogP) is 8.09. The first-order chi connectivity index (χ1) is 15.3. The lowest BCUT2D eigenvalue weighted by atomic mass is 9.77. The molecule has 3 aromatic carbocycles. The zero-order chi connectivity index (χ0) is 22.7. The molecule has 3 heteroatoms. The Bertz CT molecular complexity index is 1140. The summed E-state index contributed by atoms with van der Waals surface area (Å²) in [4.78, 5) is 12.5. The quantitative estimate of drug-likeness (QED) is 0.424. The monoisotopic (exact) mass is 443 g/mol. The van der Waals surface area contributed by atoms with E-state index >= 15 is 0 Å². The molecule has 0 fully saturated rings. The van der Waals surface area contributed by atoms with E-state index < -0.39 is 0 Å². The number of carbonyl (C=O) groups is 1. The first-order valence-corrected chi connectivity index (χ1v) is 11.6. The van der Waals surface area contributed by atoms with Crippen molar-refractivity contribution in [2.45, 2.75) is 46.5 Å². The van der Waals surface area contributed by atoms with Gasteiger partial charge < -0.3 is 5.32 Å². The molecule has 0 spiro atoms. The minimum atomic E-state index is -0.00759. The van der Waals surface area contributed by atoms with Crippen molar-refractivity contribution in [3.05, 3.63) is 94.5 Å². The van der Waals surface area contributed by atoms with Gasteiger partial charge in [-0.2, -0.15) is 0 Å². The summed E-state index contributed by atoms with van der Waals surface area (Å²) in [6.45, 7) is 6.70. The number of benzene rings is 3. The molecule has 0 radical (unpaired) electrons. The van der Waals surface area contributed by atoms with E-state index in [2.05, 4.69) is 49.5 Å². The third-order valence-electron chi connectivity index (χ3n) is 6.33. The number of halogens is 1. The highest BCUT2D eigenvalue weighted by molar-refractivity contribution is 6.30. The van der Waals surface area contributed by atoms with Gasteiger partial charge in [-0.1, -0.05) is 74.0 Å². The molecule has 0 aromatic heterocycles. The molecular weight excluding hydrogens is 414 g/mol. The van der Waals surface area contributed by atoms with Gasteiger partial charge in [0.05, 0.1) is 6.42 Å². The van der Waals surface area contributed by atoms with Crippen LogP contribution < -0.4 is 5.32 Å². The Hall–Kier alpha value is -2.84. The zero-order valence-electron chi connectivity index (χ0n) is 19.0. The highest BCUT2D eigenvalue weighted by Crippen LogP contribution is 2.37. The number of rotatable bonds is 5. The fourth-order valence-electron chi connectivity index (χ4n) is 4.25. The molecule has 3 aromatic rings. The zero-order valence-corrected chi connectivity index (χ0v) is 19.8. The Morgan fingerprint density at radius 3 is 2.28 bits per heavy atom. The van der Waals surface area contributed by atoms with E-state index in [9.17, 15) is 4.79 Å². The smallest absolute Gasteiger partial charge is 0.228 e. The SMILES string of the molecule is Cc1cc(Cl)ccc1-c1ccc(NC(=O)Cc2ccc(C3=CCC(C)(C)CC3)cc2)cc1. The standard InChI is InChI=1S/C29H30ClNO/c1-20-18-25(30)10-13-27(20)24-8-11-26(12-9-24)31-28(32)19-21-4-6-22(7-5-21)23-14-16-29(2,3)17-15-23/h4-14,18H,15-17,19H2,1-3H3,(H,31,32). The van der Waals surface area contributed by atoms with Gasteiger partial charge in [0.2, 0.25) is 5.91 Å². The molecule has 0 atom stereocenters. The number of carbonyl (C=O) groups excluding carboxylic acids is 1. The van der Waals surface area contributed by atoms with Crippen molar-refractivity contribution in [2.24, 2.45) is 5.41 Å². The summed E-state index contributed by atoms with van der Waals surface area (Å²) >= 11 is 6.06. The van der Waals surface area contributed by atoms with Crippen LogP contribution in [0.5, 0.6) is 0 Å². The lowest BCUT2D eigenvalue weighted by Gasteiger charge is -2.28. The third kappa shape index (κ3) is 5.49. The number of allylic oxidation sites excluding steroid dienone is 2. The van der Waals surface area contributed by atoms with Gasteiger partial charge in [-0.15, -0.1) is 0 Å². The van der Waals surface area contributed by atoms with Gasteiger partial charge in [-0.25, -0.2) is 0 Å². The fraction of sp³-hybridized carbons (Fsp3) is 0.276. The Morgan fingerprint density at radius 1 is 0.969 bits per heavy atom. The molecule has 0 saturated heterocycles. The lowest BCUT2D eigenvalue weighted by Crippen LogP contribution is -2.15. The Balaban J connectivity index is 1.36. The van der Waals surface area contributed by atoms with E-state index in [1.165, 1.54) is 17.6 Å². The van der Waals surface area contributed by atoms with Gasteiger partial charge in [-0.3, -0.25) is 4.79 Å². The molecule has 0 aliphatic heterocycles. The molecule has 0 unspecified atom stereocenters. The molecule has 32 heavy (non-hydrogen) atoms. The number of aryl methyl sites for hydroxylation is 1. The second kappa shape index (κ2) is 9.34. The molecule has 4 rings (SSSR count). The van der Waals surface area contributed by atoms with Gasteiger partial charge in [0.25, 0.3) is 0 Å². The lowest BCUT2D eigenvalue weighted by molar-refractivity contribution is -0.115. The summed E-state index contributed by atoms with van der Waals surface area (Å²) in [7, 11) is 0. The summed E-state index contributed by atoms with van der Waals surface area (Å²) in [6, 6.07) is 22.3. The number of hydrogen-bond acceptors (Lipinski definition) is 1. The first-order valence-electron chi connectivity index (χ1n) is 11.2. The van der Waals surface area contributed by atoms with Crippen LogP contribution in [0.15, 0.2) is 72.8 Å². The van der Waals surface area contributed by atoms with Crippen LogP contribution in [0, 0.1) is 12.3 Å². The van der Waals surface area contributed by atoms with Crippen molar-refractivity contribution in [2.75, 3.05) is 5.32 Å². The highest BCUT2D eigenvalue weighted by atomic mass is 35.5. The molecule has 1 aliphatic carbocycles. The maximum absolute atomic E-state index is 12.5. The summed E-state index contributed by atoms with van der Waals surface area (Å²) in [5.41, 5.74) is 8.32. The van der Waals surface area contributed by atoms with Crippen molar-refractivity contribution < 1.29 is 4.79 Å². The van der Waals surface area contributed by atoms with Crippen LogP contribution in [-0.4, -0.2) is 5.91 Å². The third-order valence-corrected chi connectivity index (χ3v) is 6.56. The van der Waals surface area contributed by atoms with Crippen molar-refractivity contribution in [3.63, 3.8) is 0 Å². The maximum Gasteiger partial charge on any atom is 0.228 e. The first kappa shape index (κ1) is 22.4. The molecule has 1 aliphatic rings. The molecule has 164 valence electrons. The minimum absolute atomic E-state index is 0.00759. The van der Waals surface area contributed by atoms with Crippen molar-refractivity contribution in [1.82, 2.24) is 0 Å². The van der Waals surface area contributed by atoms with Crippen molar-refractivity contribution in [3.8, 4) is 11.1 Å². The molecule has 0 bridgehead atoms. The summed E-state index contributed by atoms with van der Waals surface area (Å²) in [6.07, 6.45) is 6.21. The van der Waals surface area contributed by atoms with Crippen LogP contribution in [0.2, 0.25) is 5.02 Å². The van der Waals surface area contributed by atoms with Gasteiger partial charge in [0, 0.05) is 10.7 Å². The number of anilines is 1. The van der Waals surface area contributed by atoms with Gasteiger partial charge >= 0.3 is 0 Å². The summed E-state index contributed by atoms with van der Waals surface area (Å²) < 4.78 is 0. The summed E-state index contributed by atoms with van der Waals surface area (Å²) in [5, 5.41) is 3.75. The Kier molecular flexibility index (Phi) is 6.53. The van der Waals surface area contributed by atoms with Crippen molar-refractivity contribution in [1.29, 1.82) is 0 Å². The Morgan fingerprint density at radius 2 is 1.66 bits per heavy atom. The van der Waals surface area contributed by atoms with Gasteiger partial charge in [0.1, 0.15) is 0 Å². The largest absolute Gasteiger partial charge is 0.326 e. The number of hydrogen-bond donors (Lipinski definition) is 1. The van der Waals surface area contributed by atoms with E-state index in [0.29, 0.717) is 11.8 Å². The van der Waals surface area contributed by atoms with Crippen LogP contribution in [0.3, 0.4) is 0 Å². The normalized spacial score (nSPS) is 15.2. The molecule has 0 heterocycles. The van der Waals surface area contributed by atoms with E-state index in [1.54, 1.807) is 0 Å². The summed E-state index contributed by atoms with van der Waals surface area (Å²) in [5.74, 6) is -0.00759. The molecule has 2 nitrogen and oxygen atoms in total. The number of amides is 1. The van der Waals surface area contributed by atoms with Crippen LogP contribution >= 0.6 is 11.6 Å². The van der Waals surface area contributed by atoms with E-state index in [-0.39, 0.29) is 5.91 Å². The molecule has 1 N–H and O–H groups in total. The van der Waals surface area contributed by atoms with E-state index in [4.69, 9.17) is 11.6 Å². The van der Waals surface area contributed by atoms with Crippen LogP contribution in [-0.2, 0) is 11.2 Å². The van der Waals surface area contributed by atoms with Gasteiger partial charge in [-0.05, 0) is 89.3 Å². The number of nitrogens with one attached hydrogen (secondary N) is 1. The molecule has 0 saturated carbocycles. The second-order valence-corrected chi connectivity index (χ2v) is 9.99. The predicted molar refractivity (Wildman–Crippen MR) is 136 cm³/mol. The maximum atomic E-state index is 12.5. The average molecular weight is 444 g/mol. The van der Waals surface area contributed by atoms with Crippen LogP contribution in [0.4, 0.5) is 5.69 Å². The average Bonchev–Trinajstić information content (AvgIpc) is 2.75. The fourth-order valence-corrected chi connectivity index (χ4v) is 4.48. The van der Waals surface area contributed by atoms with Crippen LogP contribution in [0.25, 0.3) is 16.7 Å².